The summed E-state index contributed by atoms with van der Waals surface area (Å²) >= 11 is 1.31. The summed E-state index contributed by atoms with van der Waals surface area (Å²) in [6.07, 6.45) is 1.19. The van der Waals surface area contributed by atoms with Crippen molar-refractivity contribution in [3.05, 3.63) is 18.2 Å². The van der Waals surface area contributed by atoms with Crippen LogP contribution in [0.3, 0.4) is 0 Å². The lowest BCUT2D eigenvalue weighted by Gasteiger charge is -2.09. The molecule has 0 aliphatic heterocycles. The zero-order chi connectivity index (χ0) is 17.0. The number of rotatable bonds is 7. The van der Waals surface area contributed by atoms with Crippen LogP contribution in [0.25, 0.3) is 10.2 Å². The van der Waals surface area contributed by atoms with E-state index in [0.717, 1.165) is 22.2 Å². The van der Waals surface area contributed by atoms with Crippen molar-refractivity contribution < 1.29 is 17.9 Å². The maximum absolute atomic E-state index is 12.0. The lowest BCUT2D eigenvalue weighted by molar-refractivity contribution is -0.117. The van der Waals surface area contributed by atoms with Crippen molar-refractivity contribution in [2.45, 2.75) is 19.4 Å². The van der Waals surface area contributed by atoms with Crippen molar-refractivity contribution >= 4 is 54.8 Å². The summed E-state index contributed by atoms with van der Waals surface area (Å²) in [6, 6.07) is 4.59. The highest BCUT2D eigenvalue weighted by molar-refractivity contribution is 7.90. The molecule has 1 heterocycles. The molecule has 10 heteroatoms. The van der Waals surface area contributed by atoms with Gasteiger partial charge in [-0.1, -0.05) is 11.3 Å². The maximum atomic E-state index is 12.0. The SMILES string of the molecule is CCOc1ccc2nc(NC(=O)C(N)CCS(C)(=O)=O)sc2c1.Cl. The summed E-state index contributed by atoms with van der Waals surface area (Å²) in [4.78, 5) is 16.3. The van der Waals surface area contributed by atoms with Crippen LogP contribution in [0, 0.1) is 0 Å². The van der Waals surface area contributed by atoms with Crippen LogP contribution in [0.15, 0.2) is 18.2 Å². The van der Waals surface area contributed by atoms with Gasteiger partial charge in [0.15, 0.2) is 5.13 Å². The van der Waals surface area contributed by atoms with E-state index >= 15 is 0 Å². The van der Waals surface area contributed by atoms with Gasteiger partial charge in [0.2, 0.25) is 5.91 Å². The highest BCUT2D eigenvalue weighted by Crippen LogP contribution is 2.29. The molecule has 0 spiro atoms. The molecule has 7 nitrogen and oxygen atoms in total. The van der Waals surface area contributed by atoms with Gasteiger partial charge in [-0.3, -0.25) is 4.79 Å². The van der Waals surface area contributed by atoms with Gasteiger partial charge >= 0.3 is 0 Å². The number of aromatic nitrogens is 1. The first kappa shape index (κ1) is 20.6. The predicted octanol–water partition coefficient (Wildman–Crippen LogP) is 1.82. The Hall–Kier alpha value is -1.42. The molecule has 1 aromatic heterocycles. The van der Waals surface area contributed by atoms with Gasteiger partial charge in [0.1, 0.15) is 15.6 Å². The van der Waals surface area contributed by atoms with Crippen LogP contribution in [0.2, 0.25) is 0 Å². The molecule has 0 aliphatic carbocycles. The predicted molar refractivity (Wildman–Crippen MR) is 99.0 cm³/mol. The quantitative estimate of drug-likeness (QED) is 0.742. The molecule has 0 bridgehead atoms. The smallest absolute Gasteiger partial charge is 0.243 e. The molecule has 0 saturated carbocycles. The Kier molecular flexibility index (Phi) is 7.40. The zero-order valence-corrected chi connectivity index (χ0v) is 15.8. The van der Waals surface area contributed by atoms with E-state index in [4.69, 9.17) is 10.5 Å². The fourth-order valence-electron chi connectivity index (χ4n) is 1.89. The summed E-state index contributed by atoms with van der Waals surface area (Å²) in [5.41, 5.74) is 6.46. The second-order valence-corrected chi connectivity index (χ2v) is 8.39. The lowest BCUT2D eigenvalue weighted by atomic mass is 10.2. The molecule has 0 fully saturated rings. The van der Waals surface area contributed by atoms with Gasteiger partial charge in [0.25, 0.3) is 0 Å². The molecule has 3 N–H and O–H groups in total. The van der Waals surface area contributed by atoms with Gasteiger partial charge in [-0.25, -0.2) is 13.4 Å². The van der Waals surface area contributed by atoms with Crippen molar-refractivity contribution in [3.63, 3.8) is 0 Å². The Morgan fingerprint density at radius 1 is 1.46 bits per heavy atom. The first-order valence-corrected chi connectivity index (χ1v) is 9.94. The number of hydrogen-bond acceptors (Lipinski definition) is 7. The molecular weight excluding hydrogens is 374 g/mol. The van der Waals surface area contributed by atoms with E-state index in [1.165, 1.54) is 11.3 Å². The third kappa shape index (κ3) is 5.90. The monoisotopic (exact) mass is 393 g/mol. The highest BCUT2D eigenvalue weighted by Gasteiger charge is 2.17. The normalized spacial score (nSPS) is 12.5. The minimum atomic E-state index is -3.14. The van der Waals surface area contributed by atoms with Gasteiger partial charge < -0.3 is 15.8 Å². The topological polar surface area (TPSA) is 111 Å². The number of nitrogens with one attached hydrogen (secondary N) is 1. The van der Waals surface area contributed by atoms with Gasteiger partial charge in [-0.05, 0) is 31.5 Å². The molecular formula is C14H20ClN3O4S2. The molecule has 134 valence electrons. The zero-order valence-electron chi connectivity index (χ0n) is 13.3. The van der Waals surface area contributed by atoms with Gasteiger partial charge in [0, 0.05) is 6.26 Å². The molecule has 2 aromatic rings. The first-order valence-electron chi connectivity index (χ1n) is 7.06. The van der Waals surface area contributed by atoms with E-state index in [-0.39, 0.29) is 24.6 Å². The van der Waals surface area contributed by atoms with Crippen molar-refractivity contribution in [2.75, 3.05) is 23.9 Å². The van der Waals surface area contributed by atoms with Crippen molar-refractivity contribution in [1.82, 2.24) is 4.98 Å². The van der Waals surface area contributed by atoms with Crippen LogP contribution < -0.4 is 15.8 Å². The average molecular weight is 394 g/mol. The fraction of sp³-hybridized carbons (Fsp3) is 0.429. The fourth-order valence-corrected chi connectivity index (χ4v) is 3.46. The number of ether oxygens (including phenoxy) is 1. The average Bonchev–Trinajstić information content (AvgIpc) is 2.85. The van der Waals surface area contributed by atoms with E-state index in [2.05, 4.69) is 10.3 Å². The van der Waals surface area contributed by atoms with Crippen molar-refractivity contribution in [1.29, 1.82) is 0 Å². The number of hydrogen-bond donors (Lipinski definition) is 2. The first-order chi connectivity index (χ1) is 10.8. The molecule has 24 heavy (non-hydrogen) atoms. The molecule has 0 aliphatic rings. The standard InChI is InChI=1S/C14H19N3O4S2.ClH/c1-3-21-9-4-5-11-12(8-9)22-14(16-11)17-13(18)10(15)6-7-23(2,19)20;/h4-5,8,10H,3,6-7,15H2,1-2H3,(H,16,17,18);1H. The number of carbonyl (C=O) groups excluding carboxylic acids is 1. The Balaban J connectivity index is 0.00000288. The summed E-state index contributed by atoms with van der Waals surface area (Å²) in [7, 11) is -3.14. The van der Waals surface area contributed by atoms with E-state index in [0.29, 0.717) is 11.7 Å². The Morgan fingerprint density at radius 2 is 2.17 bits per heavy atom. The second-order valence-electron chi connectivity index (χ2n) is 5.10. The maximum Gasteiger partial charge on any atom is 0.243 e. The molecule has 1 atom stereocenters. The van der Waals surface area contributed by atoms with E-state index in [1.54, 1.807) is 0 Å². The van der Waals surface area contributed by atoms with Crippen LogP contribution >= 0.6 is 23.7 Å². The number of anilines is 1. The number of sulfone groups is 1. The number of thiazole rings is 1. The van der Waals surface area contributed by atoms with Crippen LogP contribution in [0.4, 0.5) is 5.13 Å². The number of benzene rings is 1. The number of halogens is 1. The number of carbonyl (C=O) groups is 1. The third-order valence-corrected chi connectivity index (χ3v) is 4.95. The number of fused-ring (bicyclic) bond motifs is 1. The summed E-state index contributed by atoms with van der Waals surface area (Å²) in [5, 5.41) is 3.05. The van der Waals surface area contributed by atoms with Crippen LogP contribution in [-0.2, 0) is 14.6 Å². The Labute approximate surface area is 150 Å². The van der Waals surface area contributed by atoms with Gasteiger partial charge in [-0.2, -0.15) is 0 Å². The second kappa shape index (κ2) is 8.61. The Morgan fingerprint density at radius 3 is 2.79 bits per heavy atom. The molecule has 0 saturated heterocycles. The third-order valence-electron chi connectivity index (χ3n) is 3.04. The molecule has 2 rings (SSSR count). The van der Waals surface area contributed by atoms with Crippen LogP contribution in [-0.4, -0.2) is 44.0 Å². The van der Waals surface area contributed by atoms with E-state index in [9.17, 15) is 13.2 Å². The summed E-state index contributed by atoms with van der Waals surface area (Å²) in [5.74, 6) is 0.170. The minimum absolute atomic E-state index is 0. The Bertz CT molecular complexity index is 807. The number of amides is 1. The van der Waals surface area contributed by atoms with Gasteiger partial charge in [-0.15, -0.1) is 12.4 Å². The summed E-state index contributed by atoms with van der Waals surface area (Å²) in [6.45, 7) is 2.48. The molecule has 0 radical (unpaired) electrons. The van der Waals surface area contributed by atoms with E-state index < -0.39 is 21.8 Å². The molecule has 1 unspecified atom stereocenters. The van der Waals surface area contributed by atoms with Crippen molar-refractivity contribution in [3.8, 4) is 5.75 Å². The largest absolute Gasteiger partial charge is 0.494 e. The number of nitrogens with zero attached hydrogens (tertiary/aromatic N) is 1. The lowest BCUT2D eigenvalue weighted by Crippen LogP contribution is -2.37. The van der Waals surface area contributed by atoms with Crippen LogP contribution in [0.1, 0.15) is 13.3 Å². The minimum Gasteiger partial charge on any atom is -0.494 e. The van der Waals surface area contributed by atoms with Crippen LogP contribution in [0.5, 0.6) is 5.75 Å². The highest BCUT2D eigenvalue weighted by atomic mass is 35.5. The van der Waals surface area contributed by atoms with Gasteiger partial charge in [0.05, 0.1) is 28.6 Å². The molecule has 1 amide bonds. The molecule has 1 aromatic carbocycles. The number of nitrogens with two attached hydrogens (primary N) is 1. The summed E-state index contributed by atoms with van der Waals surface area (Å²) < 4.78 is 28.5. The van der Waals surface area contributed by atoms with E-state index in [1.807, 2.05) is 25.1 Å². The van der Waals surface area contributed by atoms with Crippen molar-refractivity contribution in [2.24, 2.45) is 5.73 Å².